The molecule has 2 heteroatoms. The van der Waals surface area contributed by atoms with Crippen molar-refractivity contribution in [3.05, 3.63) is 178 Å². The molecule has 0 N–H and O–H groups in total. The molecule has 0 bridgehead atoms. The van der Waals surface area contributed by atoms with Gasteiger partial charge < -0.3 is 9.13 Å². The van der Waals surface area contributed by atoms with Gasteiger partial charge in [-0.2, -0.15) is 0 Å². The Balaban J connectivity index is 1.03. The summed E-state index contributed by atoms with van der Waals surface area (Å²) in [7, 11) is 0. The molecule has 9 aromatic rings. The second-order valence-electron chi connectivity index (χ2n) is 17.2. The van der Waals surface area contributed by atoms with Crippen LogP contribution in [-0.2, 0) is 10.8 Å². The Kier molecular flexibility index (Phi) is 6.33. The van der Waals surface area contributed by atoms with E-state index in [-0.39, 0.29) is 10.8 Å². The lowest BCUT2D eigenvalue weighted by atomic mass is 9.81. The van der Waals surface area contributed by atoms with Gasteiger partial charge >= 0.3 is 0 Å². The number of benzene rings is 7. The highest BCUT2D eigenvalue weighted by Gasteiger charge is 2.39. The van der Waals surface area contributed by atoms with Crippen LogP contribution in [0.25, 0.3) is 89.6 Å². The van der Waals surface area contributed by atoms with Gasteiger partial charge in [-0.25, -0.2) is 0 Å². The van der Waals surface area contributed by atoms with Crippen LogP contribution in [0, 0.1) is 0 Å². The van der Waals surface area contributed by atoms with Crippen LogP contribution < -0.4 is 10.6 Å². The number of hydrogen-bond donors (Lipinski definition) is 0. The summed E-state index contributed by atoms with van der Waals surface area (Å²) in [5.41, 5.74) is 19.6. The van der Waals surface area contributed by atoms with E-state index < -0.39 is 0 Å². The van der Waals surface area contributed by atoms with E-state index in [0.717, 1.165) is 12.8 Å². The zero-order chi connectivity index (χ0) is 37.5. The molecule has 0 radical (unpaired) electrons. The summed E-state index contributed by atoms with van der Waals surface area (Å²) < 4.78 is 5.00. The zero-order valence-electron chi connectivity index (χ0n) is 32.3. The number of nitrogens with zero attached hydrogens (tertiary/aromatic N) is 2. The molecule has 7 aromatic carbocycles. The largest absolute Gasteiger partial charge is 0.309 e. The van der Waals surface area contributed by atoms with Crippen molar-refractivity contribution < 1.29 is 0 Å². The zero-order valence-corrected chi connectivity index (χ0v) is 32.3. The smallest absolute Gasteiger partial charge is 0.0587 e. The van der Waals surface area contributed by atoms with Crippen molar-refractivity contribution >= 4 is 44.9 Å². The predicted molar refractivity (Wildman–Crippen MR) is 236 cm³/mol. The fraction of sp³-hybridized carbons (Fsp3) is 0.148. The number of rotatable bonds is 3. The molecular weight excluding hydrogens is 677 g/mol. The molecule has 0 fully saturated rings. The Hall–Kier alpha value is -6.38. The first-order valence-corrected chi connectivity index (χ1v) is 20.2. The molecule has 2 aromatic heterocycles. The minimum atomic E-state index is -0.136. The number of hydrogen-bond acceptors (Lipinski definition) is 0. The van der Waals surface area contributed by atoms with Crippen LogP contribution in [0.4, 0.5) is 0 Å². The minimum Gasteiger partial charge on any atom is -0.309 e. The van der Waals surface area contributed by atoms with Crippen LogP contribution in [-0.4, -0.2) is 9.13 Å². The number of para-hydroxylation sites is 2. The molecular formula is C54H42N2. The summed E-state index contributed by atoms with van der Waals surface area (Å²) in [6.45, 7) is 9.65. The highest BCUT2D eigenvalue weighted by molar-refractivity contribution is 6.10. The third-order valence-corrected chi connectivity index (χ3v) is 13.5. The fourth-order valence-electron chi connectivity index (χ4n) is 10.9. The summed E-state index contributed by atoms with van der Waals surface area (Å²) in [5, 5.41) is 6.65. The molecule has 0 amide bonds. The fourth-order valence-corrected chi connectivity index (χ4v) is 10.9. The Morgan fingerprint density at radius 3 is 2.02 bits per heavy atom. The molecule has 12 rings (SSSR count). The van der Waals surface area contributed by atoms with E-state index in [1.165, 1.54) is 110 Å². The van der Waals surface area contributed by atoms with Crippen molar-refractivity contribution in [3.8, 4) is 44.8 Å². The topological polar surface area (TPSA) is 9.86 Å². The first-order valence-electron chi connectivity index (χ1n) is 20.2. The third kappa shape index (κ3) is 4.11. The summed E-state index contributed by atoms with van der Waals surface area (Å²) in [4.78, 5) is 0. The molecule has 0 spiro atoms. The number of fused-ring (bicyclic) bond motifs is 13. The second kappa shape index (κ2) is 11.1. The quantitative estimate of drug-likeness (QED) is 0.172. The minimum absolute atomic E-state index is 0.105. The van der Waals surface area contributed by atoms with E-state index in [1.807, 2.05) is 0 Å². The first-order chi connectivity index (χ1) is 27.3. The van der Waals surface area contributed by atoms with Crippen molar-refractivity contribution in [1.29, 1.82) is 0 Å². The summed E-state index contributed by atoms with van der Waals surface area (Å²) in [5.74, 6) is 0. The van der Waals surface area contributed by atoms with E-state index in [2.05, 4.69) is 195 Å². The van der Waals surface area contributed by atoms with E-state index in [1.54, 1.807) is 0 Å². The molecule has 0 unspecified atom stereocenters. The van der Waals surface area contributed by atoms with Gasteiger partial charge in [-0.15, -0.1) is 0 Å². The Bertz CT molecular complexity index is 3290. The molecule has 2 nitrogen and oxygen atoms in total. The van der Waals surface area contributed by atoms with Crippen molar-refractivity contribution in [1.82, 2.24) is 9.13 Å². The Morgan fingerprint density at radius 2 is 1.12 bits per heavy atom. The lowest BCUT2D eigenvalue weighted by molar-refractivity contribution is 0.658. The summed E-state index contributed by atoms with van der Waals surface area (Å²) in [6.07, 6.45) is 7.10. The Morgan fingerprint density at radius 1 is 0.429 bits per heavy atom. The van der Waals surface area contributed by atoms with Gasteiger partial charge in [-0.3, -0.25) is 0 Å². The SMILES string of the molecule is CC1(C)c2ccc(-c3ccc4c(c3)c3ccccc3n4-c3ccccc3)cc2-c2ccc(-n3c4c(c5ccc6c(c53)C(C)(C)c3ccccc3-6)=CCCC=4)cc21. The molecule has 3 aliphatic rings. The van der Waals surface area contributed by atoms with Crippen LogP contribution in [0.15, 0.2) is 146 Å². The maximum atomic E-state index is 2.61. The van der Waals surface area contributed by atoms with Gasteiger partial charge in [0, 0.05) is 48.9 Å². The molecule has 3 aliphatic carbocycles. The summed E-state index contributed by atoms with van der Waals surface area (Å²) in [6, 6.07) is 54.8. The van der Waals surface area contributed by atoms with Crippen molar-refractivity contribution in [3.63, 3.8) is 0 Å². The molecule has 56 heavy (non-hydrogen) atoms. The molecule has 268 valence electrons. The van der Waals surface area contributed by atoms with Gasteiger partial charge in [0.2, 0.25) is 0 Å². The van der Waals surface area contributed by atoms with Crippen molar-refractivity contribution in [2.45, 2.75) is 51.4 Å². The van der Waals surface area contributed by atoms with Crippen molar-refractivity contribution in [2.24, 2.45) is 0 Å². The van der Waals surface area contributed by atoms with Crippen LogP contribution in [0.5, 0.6) is 0 Å². The van der Waals surface area contributed by atoms with E-state index >= 15 is 0 Å². The van der Waals surface area contributed by atoms with Crippen molar-refractivity contribution in [2.75, 3.05) is 0 Å². The van der Waals surface area contributed by atoms with Gasteiger partial charge in [-0.05, 0) is 117 Å². The van der Waals surface area contributed by atoms with Crippen LogP contribution in [0.2, 0.25) is 0 Å². The average Bonchev–Trinajstić information content (AvgIpc) is 3.89. The van der Waals surface area contributed by atoms with E-state index in [9.17, 15) is 0 Å². The van der Waals surface area contributed by atoms with Gasteiger partial charge in [0.05, 0.1) is 16.6 Å². The van der Waals surface area contributed by atoms with Crippen LogP contribution in [0.1, 0.15) is 62.8 Å². The van der Waals surface area contributed by atoms with E-state index in [4.69, 9.17) is 0 Å². The standard InChI is InChI=1S/C54H42N2/c1-53(2)46-28-22-33(34-23-29-50-44(31-34)40-18-10-12-20-48(40)55(50)35-14-6-5-7-15-35)30-43(46)38-25-24-36(32-47(38)53)56-49-21-13-9-17-39(49)42-27-26-41-37-16-8-11-19-45(37)54(3,4)51(41)52(42)56/h5-8,10-12,14-32H,9,13H2,1-4H3. The maximum Gasteiger partial charge on any atom is 0.0587 e. The highest BCUT2D eigenvalue weighted by atomic mass is 15.0. The average molecular weight is 719 g/mol. The van der Waals surface area contributed by atoms with E-state index in [0.29, 0.717) is 0 Å². The van der Waals surface area contributed by atoms with Gasteiger partial charge in [-0.1, -0.05) is 137 Å². The van der Waals surface area contributed by atoms with Crippen LogP contribution >= 0.6 is 0 Å². The number of aromatic nitrogens is 2. The Labute approximate surface area is 327 Å². The predicted octanol–water partition coefficient (Wildman–Crippen LogP) is 12.4. The van der Waals surface area contributed by atoms with Gasteiger partial charge in [0.25, 0.3) is 0 Å². The normalized spacial score (nSPS) is 15.6. The maximum absolute atomic E-state index is 2.61. The summed E-state index contributed by atoms with van der Waals surface area (Å²) >= 11 is 0. The van der Waals surface area contributed by atoms with Gasteiger partial charge in [0.1, 0.15) is 0 Å². The molecule has 0 aliphatic heterocycles. The lowest BCUT2D eigenvalue weighted by Gasteiger charge is -2.25. The molecule has 2 heterocycles. The van der Waals surface area contributed by atoms with Gasteiger partial charge in [0.15, 0.2) is 0 Å². The highest BCUT2D eigenvalue weighted by Crippen LogP contribution is 2.53. The van der Waals surface area contributed by atoms with Crippen LogP contribution in [0.3, 0.4) is 0 Å². The second-order valence-corrected chi connectivity index (χ2v) is 17.2. The third-order valence-electron chi connectivity index (χ3n) is 13.5. The first kappa shape index (κ1) is 31.9. The molecule has 0 saturated carbocycles. The monoisotopic (exact) mass is 718 g/mol. The molecule has 0 saturated heterocycles. The lowest BCUT2D eigenvalue weighted by Crippen LogP contribution is -2.30. The molecule has 0 atom stereocenters.